The molecule has 5 rings (SSSR count). The van der Waals surface area contributed by atoms with E-state index < -0.39 is 0 Å². The van der Waals surface area contributed by atoms with Crippen LogP contribution in [0.5, 0.6) is 5.75 Å². The quantitative estimate of drug-likeness (QED) is 0.717. The Labute approximate surface area is 176 Å². The van der Waals surface area contributed by atoms with Crippen molar-refractivity contribution in [3.8, 4) is 5.75 Å². The minimum absolute atomic E-state index is 0.713. The summed E-state index contributed by atoms with van der Waals surface area (Å²) in [6.45, 7) is 6.97. The highest BCUT2D eigenvalue weighted by Gasteiger charge is 2.30. The maximum atomic E-state index is 5.30. The molecule has 3 nitrogen and oxygen atoms in total. The van der Waals surface area contributed by atoms with Gasteiger partial charge in [0.05, 0.1) is 13.7 Å². The highest BCUT2D eigenvalue weighted by atomic mass is 16.5. The average molecular weight is 396 g/mol. The van der Waals surface area contributed by atoms with Crippen LogP contribution in [0.1, 0.15) is 62.1 Å². The lowest BCUT2D eigenvalue weighted by atomic mass is 9.76. The number of methoxy groups -OCH3 is 1. The number of hydrogen-bond acceptors (Lipinski definition) is 3. The first-order valence-electron chi connectivity index (χ1n) is 11.2. The molecule has 2 bridgehead atoms. The SMILES string of the molecule is CC1CC1.CCOCc1ccccc1.COc1ccc2c(c1)C1CCNC(C2)C1. The Morgan fingerprint density at radius 2 is 1.79 bits per heavy atom. The largest absolute Gasteiger partial charge is 0.497 e. The van der Waals surface area contributed by atoms with E-state index in [4.69, 9.17) is 9.47 Å². The summed E-state index contributed by atoms with van der Waals surface area (Å²) >= 11 is 0. The molecule has 29 heavy (non-hydrogen) atoms. The zero-order valence-electron chi connectivity index (χ0n) is 18.3. The van der Waals surface area contributed by atoms with Crippen molar-refractivity contribution in [3.05, 3.63) is 65.2 Å². The number of nitrogens with one attached hydrogen (secondary N) is 1. The Bertz CT molecular complexity index is 727. The molecule has 158 valence electrons. The molecule has 0 amide bonds. The number of ether oxygens (including phenoxy) is 2. The first-order valence-corrected chi connectivity index (χ1v) is 11.2. The van der Waals surface area contributed by atoms with Crippen molar-refractivity contribution in [3.63, 3.8) is 0 Å². The van der Waals surface area contributed by atoms with Crippen LogP contribution in [0.2, 0.25) is 0 Å². The van der Waals surface area contributed by atoms with E-state index in [2.05, 4.69) is 42.6 Å². The molecule has 0 spiro atoms. The lowest BCUT2D eigenvalue weighted by Gasteiger charge is -2.37. The molecular formula is C26H37NO2. The van der Waals surface area contributed by atoms with Crippen molar-refractivity contribution in [2.24, 2.45) is 5.92 Å². The van der Waals surface area contributed by atoms with Crippen molar-refractivity contribution >= 4 is 0 Å². The molecule has 1 N–H and O–H groups in total. The van der Waals surface area contributed by atoms with Crippen LogP contribution in [-0.4, -0.2) is 26.3 Å². The number of fused-ring (bicyclic) bond motifs is 4. The number of hydrogen-bond donors (Lipinski definition) is 1. The van der Waals surface area contributed by atoms with E-state index in [1.54, 1.807) is 7.11 Å². The van der Waals surface area contributed by atoms with Crippen molar-refractivity contribution in [1.82, 2.24) is 5.32 Å². The Morgan fingerprint density at radius 3 is 2.45 bits per heavy atom. The minimum Gasteiger partial charge on any atom is -0.497 e. The molecule has 0 radical (unpaired) electrons. The van der Waals surface area contributed by atoms with Crippen LogP contribution in [0.25, 0.3) is 0 Å². The number of rotatable bonds is 4. The van der Waals surface area contributed by atoms with Gasteiger partial charge in [-0.05, 0) is 73.4 Å². The van der Waals surface area contributed by atoms with Gasteiger partial charge in [-0.25, -0.2) is 0 Å². The summed E-state index contributed by atoms with van der Waals surface area (Å²) in [5.41, 5.74) is 4.29. The zero-order valence-corrected chi connectivity index (χ0v) is 18.3. The van der Waals surface area contributed by atoms with Crippen LogP contribution in [0.3, 0.4) is 0 Å². The fourth-order valence-electron chi connectivity index (χ4n) is 3.94. The van der Waals surface area contributed by atoms with E-state index >= 15 is 0 Å². The maximum absolute atomic E-state index is 5.30. The van der Waals surface area contributed by atoms with E-state index in [1.165, 1.54) is 55.3 Å². The van der Waals surface area contributed by atoms with Crippen molar-refractivity contribution in [1.29, 1.82) is 0 Å². The molecule has 1 saturated heterocycles. The topological polar surface area (TPSA) is 30.5 Å². The first-order chi connectivity index (χ1) is 14.2. The standard InChI is InChI=1S/C13H17NO.C9H12O.C4H8/c1-15-12-3-2-9-6-11-7-10(4-5-14-11)13(9)8-12;1-2-10-8-9-6-4-3-5-7-9;1-4-2-3-4/h2-3,8,10-11,14H,4-7H2,1H3;3-7H,2,8H2,1H3;4H,2-3H2,1H3. The highest BCUT2D eigenvalue weighted by Crippen LogP contribution is 2.38. The smallest absolute Gasteiger partial charge is 0.119 e. The van der Waals surface area contributed by atoms with Gasteiger partial charge in [0.15, 0.2) is 0 Å². The van der Waals surface area contributed by atoms with Crippen LogP contribution in [0.4, 0.5) is 0 Å². The van der Waals surface area contributed by atoms with Gasteiger partial charge in [-0.15, -0.1) is 0 Å². The van der Waals surface area contributed by atoms with Gasteiger partial charge in [0, 0.05) is 12.6 Å². The van der Waals surface area contributed by atoms with E-state index in [1.807, 2.05) is 25.1 Å². The fourth-order valence-corrected chi connectivity index (χ4v) is 3.94. The predicted octanol–water partition coefficient (Wildman–Crippen LogP) is 5.73. The Balaban J connectivity index is 0.000000147. The summed E-state index contributed by atoms with van der Waals surface area (Å²) in [7, 11) is 1.75. The highest BCUT2D eigenvalue weighted by molar-refractivity contribution is 5.40. The summed E-state index contributed by atoms with van der Waals surface area (Å²) in [5, 5.41) is 3.59. The molecule has 2 fully saturated rings. The third-order valence-corrected chi connectivity index (χ3v) is 5.94. The Kier molecular flexibility index (Phi) is 8.57. The first kappa shape index (κ1) is 21.9. The molecule has 3 heteroatoms. The third kappa shape index (κ3) is 7.17. The Hall–Kier alpha value is -1.84. The summed E-state index contributed by atoms with van der Waals surface area (Å²) in [5.74, 6) is 2.85. The van der Waals surface area contributed by atoms with Crippen LogP contribution >= 0.6 is 0 Å². The molecule has 3 aliphatic rings. The maximum Gasteiger partial charge on any atom is 0.119 e. The Morgan fingerprint density at radius 1 is 1.03 bits per heavy atom. The second-order valence-electron chi connectivity index (χ2n) is 8.45. The molecule has 2 aromatic carbocycles. The molecule has 1 heterocycles. The number of piperidine rings is 1. The summed E-state index contributed by atoms with van der Waals surface area (Å²) in [4.78, 5) is 0. The van der Waals surface area contributed by atoms with E-state index in [9.17, 15) is 0 Å². The van der Waals surface area contributed by atoms with Crippen molar-refractivity contribution in [2.45, 2.75) is 64.5 Å². The molecule has 1 saturated carbocycles. The fraction of sp³-hybridized carbons (Fsp3) is 0.538. The van der Waals surface area contributed by atoms with Gasteiger partial charge >= 0.3 is 0 Å². The van der Waals surface area contributed by atoms with Crippen LogP contribution < -0.4 is 10.1 Å². The second-order valence-corrected chi connectivity index (χ2v) is 8.45. The predicted molar refractivity (Wildman–Crippen MR) is 121 cm³/mol. The van der Waals surface area contributed by atoms with E-state index in [-0.39, 0.29) is 0 Å². The van der Waals surface area contributed by atoms with Crippen LogP contribution in [-0.2, 0) is 17.8 Å². The molecule has 2 atom stereocenters. The van der Waals surface area contributed by atoms with Crippen molar-refractivity contribution < 1.29 is 9.47 Å². The van der Waals surface area contributed by atoms with Gasteiger partial charge in [0.1, 0.15) is 5.75 Å². The van der Waals surface area contributed by atoms with Gasteiger partial charge < -0.3 is 14.8 Å². The van der Waals surface area contributed by atoms with Crippen LogP contribution in [0.15, 0.2) is 48.5 Å². The molecule has 1 aliphatic heterocycles. The van der Waals surface area contributed by atoms with E-state index in [0.29, 0.717) is 6.04 Å². The number of benzene rings is 2. The summed E-state index contributed by atoms with van der Waals surface area (Å²) in [6, 6.07) is 17.5. The minimum atomic E-state index is 0.713. The van der Waals surface area contributed by atoms with Gasteiger partial charge in [0.25, 0.3) is 0 Å². The summed E-state index contributed by atoms with van der Waals surface area (Å²) in [6.07, 6.45) is 6.74. The normalized spacial score (nSPS) is 21.6. The van der Waals surface area contributed by atoms with Gasteiger partial charge in [-0.3, -0.25) is 0 Å². The lowest BCUT2D eigenvalue weighted by Crippen LogP contribution is -2.41. The molecule has 2 aliphatic carbocycles. The molecule has 2 aromatic rings. The molecule has 0 aromatic heterocycles. The second kappa shape index (κ2) is 11.4. The summed E-state index contributed by atoms with van der Waals surface area (Å²) < 4.78 is 10.5. The zero-order chi connectivity index (χ0) is 20.5. The van der Waals surface area contributed by atoms with Crippen LogP contribution in [0, 0.1) is 5.92 Å². The van der Waals surface area contributed by atoms with Gasteiger partial charge in [0.2, 0.25) is 0 Å². The average Bonchev–Trinajstić information content (AvgIpc) is 3.56. The lowest BCUT2D eigenvalue weighted by molar-refractivity contribution is 0.134. The van der Waals surface area contributed by atoms with E-state index in [0.717, 1.165) is 30.8 Å². The third-order valence-electron chi connectivity index (χ3n) is 5.94. The van der Waals surface area contributed by atoms with Gasteiger partial charge in [-0.2, -0.15) is 0 Å². The molecular weight excluding hydrogens is 358 g/mol. The molecule has 2 unspecified atom stereocenters. The van der Waals surface area contributed by atoms with Crippen molar-refractivity contribution in [2.75, 3.05) is 20.3 Å². The van der Waals surface area contributed by atoms with Gasteiger partial charge in [-0.1, -0.05) is 56.2 Å². The monoisotopic (exact) mass is 395 g/mol.